The summed E-state index contributed by atoms with van der Waals surface area (Å²) in [6.45, 7) is 7.55. The molecule has 2 heterocycles. The maximum Gasteiger partial charge on any atom is 0.452 e. The fourth-order valence-electron chi connectivity index (χ4n) is 4.56. The van der Waals surface area contributed by atoms with E-state index in [1.807, 2.05) is 25.1 Å². The standard InChI is InChI=1S/C25H36F3N5O4S2/c1-6-16(2)15-33(19-9-11-32(12-10-19)39(5,35)36)21-8-7-18(17(3)13-22(34)37-4)14-20(21)29-24-30-23(31-38-24)25(26,27)28/h7-8,14,16-17,19H,6,9-13,15H2,1-5H3,(H,29,30,31)/t16?,17-/m1/s1. The number of sulfonamides is 1. The SMILES string of the molecule is CCC(C)CN(c1ccc([C@H](C)CC(=O)OC)cc1Nc1nc(C(F)(F)F)ns1)C1CCN(S(C)(=O)=O)CC1. The first kappa shape index (κ1) is 31.1. The lowest BCUT2D eigenvalue weighted by molar-refractivity contribution is -0.144. The van der Waals surface area contributed by atoms with Crippen LogP contribution in [0.4, 0.5) is 29.7 Å². The van der Waals surface area contributed by atoms with Gasteiger partial charge in [-0.3, -0.25) is 4.79 Å². The van der Waals surface area contributed by atoms with Crippen LogP contribution in [0.25, 0.3) is 0 Å². The van der Waals surface area contributed by atoms with Crippen LogP contribution in [0.5, 0.6) is 0 Å². The van der Waals surface area contributed by atoms with Crippen LogP contribution in [0.3, 0.4) is 0 Å². The fourth-order valence-corrected chi connectivity index (χ4v) is 6.04. The highest BCUT2D eigenvalue weighted by Gasteiger charge is 2.36. The molecule has 1 saturated heterocycles. The molecule has 9 nitrogen and oxygen atoms in total. The number of ether oxygens (including phenoxy) is 1. The second-order valence-electron chi connectivity index (χ2n) is 10.1. The number of nitrogens with zero attached hydrogens (tertiary/aromatic N) is 4. The molecule has 218 valence electrons. The Morgan fingerprint density at radius 1 is 1.28 bits per heavy atom. The number of hydrogen-bond acceptors (Lipinski definition) is 9. The molecule has 0 bridgehead atoms. The molecule has 0 radical (unpaired) electrons. The van der Waals surface area contributed by atoms with Crippen molar-refractivity contribution < 1.29 is 31.1 Å². The van der Waals surface area contributed by atoms with Crippen LogP contribution in [-0.2, 0) is 25.7 Å². The number of carbonyl (C=O) groups is 1. The van der Waals surface area contributed by atoms with Crippen LogP contribution in [0.15, 0.2) is 18.2 Å². The van der Waals surface area contributed by atoms with Gasteiger partial charge in [-0.15, -0.1) is 0 Å². The van der Waals surface area contributed by atoms with Gasteiger partial charge in [0.1, 0.15) is 0 Å². The molecule has 1 aromatic heterocycles. The Morgan fingerprint density at radius 2 is 1.95 bits per heavy atom. The molecule has 1 N–H and O–H groups in total. The van der Waals surface area contributed by atoms with E-state index in [1.165, 1.54) is 17.7 Å². The summed E-state index contributed by atoms with van der Waals surface area (Å²) in [7, 11) is -1.97. The van der Waals surface area contributed by atoms with Crippen LogP contribution in [0, 0.1) is 5.92 Å². The Balaban J connectivity index is 2.02. The first-order valence-electron chi connectivity index (χ1n) is 12.8. The van der Waals surface area contributed by atoms with Gasteiger partial charge in [0.25, 0.3) is 0 Å². The summed E-state index contributed by atoms with van der Waals surface area (Å²) in [6.07, 6.45) is -1.17. The molecule has 39 heavy (non-hydrogen) atoms. The van der Waals surface area contributed by atoms with Crippen molar-refractivity contribution >= 4 is 44.0 Å². The van der Waals surface area contributed by atoms with Gasteiger partial charge in [-0.25, -0.2) is 12.7 Å². The van der Waals surface area contributed by atoms with Gasteiger partial charge in [-0.05, 0) is 42.4 Å². The van der Waals surface area contributed by atoms with Crippen molar-refractivity contribution in [2.75, 3.05) is 43.2 Å². The Morgan fingerprint density at radius 3 is 2.49 bits per heavy atom. The van der Waals surface area contributed by atoms with E-state index >= 15 is 0 Å². The third-order valence-electron chi connectivity index (χ3n) is 7.06. The number of anilines is 3. The summed E-state index contributed by atoms with van der Waals surface area (Å²) < 4.78 is 73.4. The summed E-state index contributed by atoms with van der Waals surface area (Å²) in [5.41, 5.74) is 2.12. The summed E-state index contributed by atoms with van der Waals surface area (Å²) in [4.78, 5) is 17.7. The zero-order valence-electron chi connectivity index (χ0n) is 22.8. The average molecular weight is 592 g/mol. The van der Waals surface area contributed by atoms with Gasteiger partial charge in [-0.2, -0.15) is 22.5 Å². The largest absolute Gasteiger partial charge is 0.469 e. The number of alkyl halides is 3. The fraction of sp³-hybridized carbons (Fsp3) is 0.640. The molecule has 2 atom stereocenters. The third-order valence-corrected chi connectivity index (χ3v) is 8.99. The molecule has 1 aromatic carbocycles. The zero-order valence-corrected chi connectivity index (χ0v) is 24.4. The van der Waals surface area contributed by atoms with E-state index in [1.54, 1.807) is 0 Å². The number of carbonyl (C=O) groups excluding carboxylic acids is 1. The number of methoxy groups -OCH3 is 1. The van der Waals surface area contributed by atoms with Crippen LogP contribution in [-0.4, -0.2) is 67.1 Å². The zero-order chi connectivity index (χ0) is 29.0. The Bertz CT molecular complexity index is 1230. The van der Waals surface area contributed by atoms with Crippen LogP contribution < -0.4 is 10.2 Å². The molecule has 3 rings (SSSR count). The Hall–Kier alpha value is -2.45. The normalized spacial score (nSPS) is 17.0. The van der Waals surface area contributed by atoms with Gasteiger partial charge < -0.3 is 15.0 Å². The van der Waals surface area contributed by atoms with Gasteiger partial charge in [0, 0.05) is 37.2 Å². The maximum atomic E-state index is 13.2. The van der Waals surface area contributed by atoms with E-state index in [0.29, 0.717) is 55.6 Å². The topological polar surface area (TPSA) is 105 Å². The van der Waals surface area contributed by atoms with Crippen molar-refractivity contribution in [3.05, 3.63) is 29.6 Å². The van der Waals surface area contributed by atoms with Crippen molar-refractivity contribution in [3.8, 4) is 0 Å². The monoisotopic (exact) mass is 591 g/mol. The van der Waals surface area contributed by atoms with Crippen molar-refractivity contribution in [2.45, 2.75) is 64.6 Å². The first-order valence-corrected chi connectivity index (χ1v) is 15.5. The van der Waals surface area contributed by atoms with Gasteiger partial charge in [-0.1, -0.05) is 33.3 Å². The minimum Gasteiger partial charge on any atom is -0.469 e. The number of benzene rings is 1. The predicted octanol–water partition coefficient (Wildman–Crippen LogP) is 5.24. The first-order chi connectivity index (χ1) is 18.2. The minimum atomic E-state index is -4.66. The van der Waals surface area contributed by atoms with E-state index in [0.717, 1.165) is 17.7 Å². The molecule has 0 spiro atoms. The highest BCUT2D eigenvalue weighted by molar-refractivity contribution is 7.88. The minimum absolute atomic E-state index is 0.00303. The number of halogens is 3. The van der Waals surface area contributed by atoms with Crippen LogP contribution in [0.2, 0.25) is 0 Å². The van der Waals surface area contributed by atoms with E-state index in [4.69, 9.17) is 4.74 Å². The molecular formula is C25H36F3N5O4S2. The second kappa shape index (κ2) is 12.8. The molecule has 1 aliphatic rings. The quantitative estimate of drug-likeness (QED) is 0.354. The smallest absolute Gasteiger partial charge is 0.452 e. The molecule has 1 unspecified atom stereocenters. The molecule has 0 aliphatic carbocycles. The lowest BCUT2D eigenvalue weighted by Crippen LogP contribution is -2.48. The second-order valence-corrected chi connectivity index (χ2v) is 12.8. The molecular weight excluding hydrogens is 555 g/mol. The molecule has 14 heteroatoms. The number of piperidine rings is 1. The maximum absolute atomic E-state index is 13.2. The summed E-state index contributed by atoms with van der Waals surface area (Å²) in [5.74, 6) is -1.47. The average Bonchev–Trinajstić information content (AvgIpc) is 3.36. The number of hydrogen-bond donors (Lipinski definition) is 1. The lowest BCUT2D eigenvalue weighted by Gasteiger charge is -2.41. The van der Waals surface area contributed by atoms with Gasteiger partial charge in [0.2, 0.25) is 21.0 Å². The van der Waals surface area contributed by atoms with E-state index in [-0.39, 0.29) is 29.5 Å². The van der Waals surface area contributed by atoms with Crippen molar-refractivity contribution in [1.29, 1.82) is 0 Å². The Kier molecular flexibility index (Phi) is 10.2. The molecule has 0 saturated carbocycles. The van der Waals surface area contributed by atoms with Gasteiger partial charge in [0.15, 0.2) is 0 Å². The third kappa shape index (κ3) is 8.27. The van der Waals surface area contributed by atoms with Gasteiger partial charge in [0.05, 0.1) is 31.2 Å². The predicted molar refractivity (Wildman–Crippen MR) is 146 cm³/mol. The summed E-state index contributed by atoms with van der Waals surface area (Å²) >= 11 is 0.619. The van der Waals surface area contributed by atoms with Crippen molar-refractivity contribution in [2.24, 2.45) is 5.92 Å². The highest BCUT2D eigenvalue weighted by atomic mass is 32.2. The van der Waals surface area contributed by atoms with Crippen LogP contribution in [0.1, 0.15) is 63.8 Å². The number of rotatable bonds is 11. The van der Waals surface area contributed by atoms with E-state index < -0.39 is 22.0 Å². The Labute approximate surface area is 232 Å². The molecule has 2 aromatic rings. The number of esters is 1. The van der Waals surface area contributed by atoms with Gasteiger partial charge >= 0.3 is 12.1 Å². The lowest BCUT2D eigenvalue weighted by atomic mass is 9.95. The molecule has 0 amide bonds. The highest BCUT2D eigenvalue weighted by Crippen LogP contribution is 2.38. The van der Waals surface area contributed by atoms with E-state index in [9.17, 15) is 26.4 Å². The molecule has 1 aliphatic heterocycles. The summed E-state index contributed by atoms with van der Waals surface area (Å²) in [6, 6.07) is 5.66. The number of nitrogens with one attached hydrogen (secondary N) is 1. The number of aromatic nitrogens is 2. The van der Waals surface area contributed by atoms with Crippen molar-refractivity contribution in [3.63, 3.8) is 0 Å². The molecule has 1 fully saturated rings. The van der Waals surface area contributed by atoms with Crippen LogP contribution >= 0.6 is 11.5 Å². The van der Waals surface area contributed by atoms with E-state index in [2.05, 4.69) is 33.4 Å². The van der Waals surface area contributed by atoms with Crippen molar-refractivity contribution in [1.82, 2.24) is 13.7 Å². The summed E-state index contributed by atoms with van der Waals surface area (Å²) in [5, 5.41) is 3.05.